The molecule has 0 atom stereocenters. The number of rotatable bonds is 6. The highest BCUT2D eigenvalue weighted by atomic mass is 79.9. The number of hydrogen-bond acceptors (Lipinski definition) is 7. The molecule has 1 N–H and O–H groups in total. The molecule has 2 aromatic heterocycles. The van der Waals surface area contributed by atoms with Gasteiger partial charge in [0, 0.05) is 37.2 Å². The molecule has 0 fully saturated rings. The van der Waals surface area contributed by atoms with Gasteiger partial charge in [-0.1, -0.05) is 0 Å². The minimum Gasteiger partial charge on any atom is -0.495 e. The molecule has 1 aromatic carbocycles. The normalized spacial score (nSPS) is 11.6. The number of carbonyl (C=O) groups is 1. The van der Waals surface area contributed by atoms with Gasteiger partial charge in [-0.25, -0.2) is 42.2 Å². The number of nitrogens with zero attached hydrogens (tertiary/aromatic N) is 5. The van der Waals surface area contributed by atoms with Crippen LogP contribution in [-0.4, -0.2) is 54.0 Å². The molecule has 0 spiro atoms. The summed E-state index contributed by atoms with van der Waals surface area (Å²) in [5.41, 5.74) is -0.493. The van der Waals surface area contributed by atoms with Crippen molar-refractivity contribution in [1.29, 1.82) is 0 Å². The number of hydrogen-bond donors (Lipinski definition) is 1. The Kier molecular flexibility index (Phi) is 7.60. The first-order valence-electron chi connectivity index (χ1n) is 10.2. The molecule has 0 saturated heterocycles. The Labute approximate surface area is 211 Å². The number of pyridine rings is 1. The van der Waals surface area contributed by atoms with Crippen molar-refractivity contribution in [3.8, 4) is 5.75 Å². The number of aromatic nitrogens is 3. The molecular weight excluding hydrogens is 543 g/mol. The zero-order chi connectivity index (χ0) is 26.0. The average molecular weight is 567 g/mol. The van der Waals surface area contributed by atoms with E-state index in [-0.39, 0.29) is 32.6 Å². The second kappa shape index (κ2) is 10.1. The lowest BCUT2D eigenvalue weighted by Gasteiger charge is -2.36. The first kappa shape index (κ1) is 26.3. The van der Waals surface area contributed by atoms with Crippen molar-refractivity contribution in [1.82, 2.24) is 19.9 Å². The molecule has 0 aliphatic rings. The van der Waals surface area contributed by atoms with Crippen LogP contribution in [0.3, 0.4) is 0 Å². The van der Waals surface area contributed by atoms with Crippen LogP contribution in [0.5, 0.6) is 5.75 Å². The Balaban J connectivity index is 2.08. The lowest BCUT2D eigenvalue weighted by atomic mass is 10.1. The highest BCUT2D eigenvalue weighted by Crippen LogP contribution is 2.38. The number of amides is 2. The molecule has 3 aromatic rings. The van der Waals surface area contributed by atoms with E-state index < -0.39 is 27.4 Å². The first-order valence-corrected chi connectivity index (χ1v) is 12.5. The van der Waals surface area contributed by atoms with Gasteiger partial charge >= 0.3 is 6.03 Å². The van der Waals surface area contributed by atoms with Crippen molar-refractivity contribution >= 4 is 49.4 Å². The van der Waals surface area contributed by atoms with E-state index >= 15 is 0 Å². The Morgan fingerprint density at radius 3 is 2.34 bits per heavy atom. The van der Waals surface area contributed by atoms with Crippen LogP contribution in [0.2, 0.25) is 0 Å². The van der Waals surface area contributed by atoms with E-state index in [0.717, 1.165) is 17.2 Å². The van der Waals surface area contributed by atoms with E-state index in [9.17, 15) is 17.6 Å². The summed E-state index contributed by atoms with van der Waals surface area (Å²) in [5, 5.41) is 0. The molecule has 2 heterocycles. The number of nitrogens with one attached hydrogen (secondary N) is 1. The zero-order valence-electron chi connectivity index (χ0n) is 19.7. The molecule has 3 rings (SSSR count). The Bertz CT molecular complexity index is 1320. The van der Waals surface area contributed by atoms with Crippen LogP contribution in [-0.2, 0) is 10.0 Å². The predicted octanol–water partition coefficient (Wildman–Crippen LogP) is 4.57. The van der Waals surface area contributed by atoms with E-state index in [1.807, 2.05) is 20.8 Å². The second-order valence-corrected chi connectivity index (χ2v) is 10.9. The van der Waals surface area contributed by atoms with Crippen molar-refractivity contribution in [2.75, 3.05) is 23.8 Å². The summed E-state index contributed by atoms with van der Waals surface area (Å²) in [6, 6.07) is 6.16. The van der Waals surface area contributed by atoms with Gasteiger partial charge in [0.15, 0.2) is 0 Å². The maximum atomic E-state index is 14.5. The fourth-order valence-electron chi connectivity index (χ4n) is 2.81. The third-order valence-electron chi connectivity index (χ3n) is 5.00. The smallest absolute Gasteiger partial charge is 0.330 e. The Hall–Kier alpha value is -3.32. The van der Waals surface area contributed by atoms with Gasteiger partial charge in [0.05, 0.1) is 17.3 Å². The van der Waals surface area contributed by atoms with Gasteiger partial charge in [0.2, 0.25) is 5.95 Å². The standard InChI is InChI=1S/C22H24BrFN6O4S/c1-22(2,3)29(4)21(31)30(17-12-16(24)15(23)11-18(17)34-5)19-8-7-14(13-27-19)35(32,33)28-20-25-9-6-10-26-20/h6-13H,1-5H3,(H,25,26,28). The van der Waals surface area contributed by atoms with Gasteiger partial charge < -0.3 is 9.64 Å². The molecule has 2 amide bonds. The Morgan fingerprint density at radius 2 is 1.80 bits per heavy atom. The number of ether oxygens (including phenoxy) is 1. The third-order valence-corrected chi connectivity index (χ3v) is 6.92. The molecule has 0 bridgehead atoms. The number of halogens is 2. The van der Waals surface area contributed by atoms with E-state index in [4.69, 9.17) is 4.74 Å². The summed E-state index contributed by atoms with van der Waals surface area (Å²) in [7, 11) is -1.06. The van der Waals surface area contributed by atoms with Crippen LogP contribution in [0.4, 0.5) is 26.6 Å². The number of carbonyl (C=O) groups excluding carboxylic acids is 1. The van der Waals surface area contributed by atoms with E-state index in [1.54, 1.807) is 13.1 Å². The minimum atomic E-state index is -4.05. The molecule has 0 saturated carbocycles. The van der Waals surface area contributed by atoms with Crippen molar-refractivity contribution < 1.29 is 22.3 Å². The average Bonchev–Trinajstić information content (AvgIpc) is 2.80. The molecular formula is C22H24BrFN6O4S. The predicted molar refractivity (Wildman–Crippen MR) is 133 cm³/mol. The molecule has 0 radical (unpaired) electrons. The van der Waals surface area contributed by atoms with Crippen molar-refractivity contribution in [3.63, 3.8) is 0 Å². The summed E-state index contributed by atoms with van der Waals surface area (Å²) in [6.45, 7) is 5.51. The van der Waals surface area contributed by atoms with Crippen LogP contribution >= 0.6 is 15.9 Å². The molecule has 13 heteroatoms. The largest absolute Gasteiger partial charge is 0.495 e. The first-order chi connectivity index (χ1) is 16.3. The lowest BCUT2D eigenvalue weighted by molar-refractivity contribution is 0.174. The quantitative estimate of drug-likeness (QED) is 0.464. The van der Waals surface area contributed by atoms with E-state index in [0.29, 0.717) is 0 Å². The fourth-order valence-corrected chi connectivity index (χ4v) is 4.04. The number of methoxy groups -OCH3 is 1. The SMILES string of the molecule is COc1cc(Br)c(F)cc1N(C(=O)N(C)C(C)(C)C)c1ccc(S(=O)(=O)Nc2ncccn2)cn1. The van der Waals surface area contributed by atoms with Gasteiger partial charge in [0.25, 0.3) is 10.0 Å². The van der Waals surface area contributed by atoms with Gasteiger partial charge in [-0.3, -0.25) is 0 Å². The topological polar surface area (TPSA) is 118 Å². The van der Waals surface area contributed by atoms with Gasteiger partial charge in [-0.2, -0.15) is 0 Å². The van der Waals surface area contributed by atoms with Crippen molar-refractivity contribution in [2.45, 2.75) is 31.2 Å². The summed E-state index contributed by atoms with van der Waals surface area (Å²) in [5.74, 6) is -0.463. The number of benzene rings is 1. The molecule has 0 unspecified atom stereocenters. The number of sulfonamides is 1. The lowest BCUT2D eigenvalue weighted by Crippen LogP contribution is -2.48. The van der Waals surface area contributed by atoms with Crippen LogP contribution in [0, 0.1) is 5.82 Å². The van der Waals surface area contributed by atoms with Gasteiger partial charge in [0.1, 0.15) is 22.3 Å². The number of anilines is 3. The summed E-state index contributed by atoms with van der Waals surface area (Å²) in [4.78, 5) is 27.9. The zero-order valence-corrected chi connectivity index (χ0v) is 22.1. The van der Waals surface area contributed by atoms with E-state index in [2.05, 4.69) is 35.6 Å². The van der Waals surface area contributed by atoms with E-state index in [1.165, 1.54) is 42.6 Å². The van der Waals surface area contributed by atoms with Crippen LogP contribution in [0.15, 0.2) is 58.3 Å². The second-order valence-electron chi connectivity index (χ2n) is 8.32. The maximum Gasteiger partial charge on any atom is 0.330 e. The maximum absolute atomic E-state index is 14.5. The van der Waals surface area contributed by atoms with Crippen molar-refractivity contribution in [2.24, 2.45) is 0 Å². The summed E-state index contributed by atoms with van der Waals surface area (Å²) in [6.07, 6.45) is 3.87. The summed E-state index contributed by atoms with van der Waals surface area (Å²) < 4.78 is 47.7. The summed E-state index contributed by atoms with van der Waals surface area (Å²) >= 11 is 3.11. The van der Waals surface area contributed by atoms with Crippen LogP contribution in [0.1, 0.15) is 20.8 Å². The number of urea groups is 1. The fraction of sp³-hybridized carbons (Fsp3) is 0.273. The molecule has 186 valence electrons. The molecule has 10 nitrogen and oxygen atoms in total. The molecule has 35 heavy (non-hydrogen) atoms. The molecule has 0 aliphatic heterocycles. The van der Waals surface area contributed by atoms with Crippen molar-refractivity contribution in [3.05, 3.63) is 59.2 Å². The highest BCUT2D eigenvalue weighted by molar-refractivity contribution is 9.10. The third kappa shape index (κ3) is 5.85. The highest BCUT2D eigenvalue weighted by Gasteiger charge is 2.32. The molecule has 0 aliphatic carbocycles. The monoisotopic (exact) mass is 566 g/mol. The van der Waals surface area contributed by atoms with Gasteiger partial charge in [-0.05, 0) is 61.0 Å². The van der Waals surface area contributed by atoms with Crippen LogP contribution < -0.4 is 14.4 Å². The Morgan fingerprint density at radius 1 is 1.14 bits per heavy atom. The minimum absolute atomic E-state index is 0.0565. The van der Waals surface area contributed by atoms with Crippen LogP contribution in [0.25, 0.3) is 0 Å². The van der Waals surface area contributed by atoms with Gasteiger partial charge in [-0.15, -0.1) is 0 Å².